The second-order valence-electron chi connectivity index (χ2n) is 17.6. The Morgan fingerprint density at radius 1 is 0.246 bits per heavy atom. The fourth-order valence-electron chi connectivity index (χ4n) is 9.58. The zero-order valence-corrected chi connectivity index (χ0v) is 38.7. The summed E-state index contributed by atoms with van der Waals surface area (Å²) in [7, 11) is 0. The Hall–Kier alpha value is -5.34. The van der Waals surface area contributed by atoms with Gasteiger partial charge in [0.05, 0.1) is 12.3 Å². The molecular formula is C58H60B2Mg. The molecule has 300 valence electrons. The van der Waals surface area contributed by atoms with Crippen LogP contribution < -0.4 is 32.8 Å². The maximum absolute atomic E-state index is 2.35. The Morgan fingerprint density at radius 2 is 0.426 bits per heavy atom. The fourth-order valence-corrected chi connectivity index (χ4v) is 9.58. The van der Waals surface area contributed by atoms with E-state index < -0.39 is 12.3 Å². The predicted octanol–water partition coefficient (Wildman–Crippen LogP) is 10.3. The number of aryl methyl sites for hydroxylation is 8. The third-order valence-electron chi connectivity index (χ3n) is 13.3. The summed E-state index contributed by atoms with van der Waals surface area (Å²) in [5, 5.41) is 0. The van der Waals surface area contributed by atoms with Crippen LogP contribution in [0.2, 0.25) is 12.6 Å². The van der Waals surface area contributed by atoms with Gasteiger partial charge in [-0.2, -0.15) is 45.4 Å². The third-order valence-corrected chi connectivity index (χ3v) is 13.3. The Morgan fingerprint density at radius 3 is 0.607 bits per heavy atom. The average Bonchev–Trinajstić information content (AvgIpc) is 3.28. The largest absolute Gasteiger partial charge is 2.00 e. The van der Waals surface area contributed by atoms with Crippen molar-refractivity contribution in [1.29, 1.82) is 0 Å². The van der Waals surface area contributed by atoms with Crippen LogP contribution in [0.1, 0.15) is 44.5 Å². The Kier molecular flexibility index (Phi) is 15.5. The van der Waals surface area contributed by atoms with Crippen molar-refractivity contribution < 1.29 is 0 Å². The maximum atomic E-state index is 2.35. The van der Waals surface area contributed by atoms with Crippen LogP contribution in [-0.2, 0) is 12.8 Å². The molecule has 0 N–H and O–H groups in total. The van der Waals surface area contributed by atoms with E-state index in [0.717, 1.165) is 25.5 Å². The molecule has 0 aromatic heterocycles. The van der Waals surface area contributed by atoms with E-state index in [1.54, 1.807) is 0 Å². The molecule has 0 bridgehead atoms. The van der Waals surface area contributed by atoms with Crippen molar-refractivity contribution >= 4 is 68.1 Å². The second-order valence-corrected chi connectivity index (χ2v) is 17.6. The standard InChI is InChI=1S/2C29H30B.Mg/c2*1-23-9-15-27(16-10-23)30(28-17-11-24(2)12-18-28,29-19-13-25(3)14-20-29)22-21-26-7-5-4-6-8-26;/h2*4-20H,21-22H2,1-3H3;/q2*-1;+2. The van der Waals surface area contributed by atoms with Crippen LogP contribution >= 0.6 is 0 Å². The molecular weight excluding hydrogens is 743 g/mol. The Labute approximate surface area is 383 Å². The van der Waals surface area contributed by atoms with Gasteiger partial charge in [-0.05, 0) is 41.5 Å². The first-order valence-corrected chi connectivity index (χ1v) is 22.0. The molecule has 0 saturated carbocycles. The van der Waals surface area contributed by atoms with Gasteiger partial charge in [-0.15, -0.1) is 0 Å². The molecule has 0 radical (unpaired) electrons. The van der Waals surface area contributed by atoms with Crippen molar-refractivity contribution in [3.63, 3.8) is 0 Å². The van der Waals surface area contributed by atoms with Gasteiger partial charge in [0.15, 0.2) is 0 Å². The molecule has 0 aliphatic carbocycles. The van der Waals surface area contributed by atoms with E-state index in [1.165, 1.54) is 77.3 Å². The van der Waals surface area contributed by atoms with Gasteiger partial charge in [-0.25, -0.2) is 0 Å². The van der Waals surface area contributed by atoms with Crippen LogP contribution in [0, 0.1) is 41.5 Å². The van der Waals surface area contributed by atoms with Crippen LogP contribution in [-0.4, -0.2) is 35.3 Å². The molecule has 0 spiro atoms. The molecule has 0 atom stereocenters. The summed E-state index contributed by atoms with van der Waals surface area (Å²) in [4.78, 5) is 0. The molecule has 8 aromatic rings. The van der Waals surface area contributed by atoms with Gasteiger partial charge in [0, 0.05) is 0 Å². The smallest absolute Gasteiger partial charge is 0.200 e. The van der Waals surface area contributed by atoms with Crippen LogP contribution in [0.25, 0.3) is 0 Å². The van der Waals surface area contributed by atoms with Gasteiger partial charge >= 0.3 is 23.1 Å². The molecule has 0 aliphatic heterocycles. The van der Waals surface area contributed by atoms with Crippen LogP contribution in [0.3, 0.4) is 0 Å². The van der Waals surface area contributed by atoms with Crippen molar-refractivity contribution in [2.45, 2.75) is 67.0 Å². The summed E-state index contributed by atoms with van der Waals surface area (Å²) < 4.78 is 0. The van der Waals surface area contributed by atoms with E-state index >= 15 is 0 Å². The molecule has 3 heteroatoms. The van der Waals surface area contributed by atoms with Gasteiger partial charge < -0.3 is 0 Å². The zero-order valence-electron chi connectivity index (χ0n) is 37.3. The average molecular weight is 803 g/mol. The number of hydrogen-bond acceptors (Lipinski definition) is 0. The summed E-state index contributed by atoms with van der Waals surface area (Å²) in [6, 6.07) is 77.1. The maximum Gasteiger partial charge on any atom is 2.00 e. The minimum atomic E-state index is -1.08. The Balaban J connectivity index is 0.000000201. The molecule has 0 aliphatic rings. The van der Waals surface area contributed by atoms with E-state index in [4.69, 9.17) is 0 Å². The molecule has 8 rings (SSSR count). The summed E-state index contributed by atoms with van der Waals surface area (Å²) >= 11 is 0. The molecule has 0 fully saturated rings. The molecule has 61 heavy (non-hydrogen) atoms. The zero-order chi connectivity index (χ0) is 42.0. The normalized spacial score (nSPS) is 11.2. The Bertz CT molecular complexity index is 2120. The van der Waals surface area contributed by atoms with Crippen LogP contribution in [0.15, 0.2) is 206 Å². The van der Waals surface area contributed by atoms with E-state index in [0.29, 0.717) is 0 Å². The van der Waals surface area contributed by atoms with Gasteiger partial charge in [0.1, 0.15) is 0 Å². The summed E-state index contributed by atoms with van der Waals surface area (Å²) in [6.45, 7) is 13.0. The van der Waals surface area contributed by atoms with Gasteiger partial charge in [0.25, 0.3) is 0 Å². The molecule has 0 saturated heterocycles. The molecule has 0 amide bonds. The summed E-state index contributed by atoms with van der Waals surface area (Å²) in [5.74, 6) is 0. The summed E-state index contributed by atoms with van der Waals surface area (Å²) in [5.41, 5.74) is 19.1. The van der Waals surface area contributed by atoms with Gasteiger partial charge in [0.2, 0.25) is 0 Å². The molecule has 0 heterocycles. The van der Waals surface area contributed by atoms with Gasteiger partial charge in [-0.3, -0.25) is 0 Å². The van der Waals surface area contributed by atoms with Crippen LogP contribution in [0.5, 0.6) is 0 Å². The van der Waals surface area contributed by atoms with E-state index in [-0.39, 0.29) is 23.1 Å². The van der Waals surface area contributed by atoms with E-state index in [1.807, 2.05) is 0 Å². The topological polar surface area (TPSA) is 0 Å². The van der Waals surface area contributed by atoms with Crippen molar-refractivity contribution in [3.8, 4) is 0 Å². The number of benzene rings is 8. The molecule has 0 nitrogen and oxygen atoms in total. The van der Waals surface area contributed by atoms with Crippen molar-refractivity contribution in [1.82, 2.24) is 0 Å². The van der Waals surface area contributed by atoms with E-state index in [9.17, 15) is 0 Å². The second kappa shape index (κ2) is 21.0. The third kappa shape index (κ3) is 10.8. The minimum Gasteiger partial charge on any atom is -0.200 e. The van der Waals surface area contributed by atoms with Crippen molar-refractivity contribution in [3.05, 3.63) is 251 Å². The number of hydrogen-bond donors (Lipinski definition) is 0. The van der Waals surface area contributed by atoms with Crippen molar-refractivity contribution in [2.75, 3.05) is 0 Å². The SMILES string of the molecule is Cc1ccc([B-](CCc2ccccc2)(c2ccc(C)cc2)c2ccc(C)cc2)cc1.Cc1ccc([B-](CCc2ccccc2)(c2ccc(C)cc2)c2ccc(C)cc2)cc1.[Mg+2]. The van der Waals surface area contributed by atoms with Crippen molar-refractivity contribution in [2.24, 2.45) is 0 Å². The predicted molar refractivity (Wildman–Crippen MR) is 272 cm³/mol. The van der Waals surface area contributed by atoms with Crippen LogP contribution in [0.4, 0.5) is 0 Å². The van der Waals surface area contributed by atoms with E-state index in [2.05, 4.69) is 248 Å². The first-order valence-electron chi connectivity index (χ1n) is 22.0. The minimum absolute atomic E-state index is 0. The molecule has 8 aromatic carbocycles. The monoisotopic (exact) mass is 802 g/mol. The summed E-state index contributed by atoms with van der Waals surface area (Å²) in [6.07, 6.45) is 2.10. The molecule has 0 unspecified atom stereocenters. The number of rotatable bonds is 12. The fraction of sp³-hybridized carbons (Fsp3) is 0.172. The first kappa shape index (κ1) is 45.2. The first-order chi connectivity index (χ1) is 29.2. The van der Waals surface area contributed by atoms with Gasteiger partial charge in [-0.1, -0.05) is 264 Å². The quantitative estimate of drug-likeness (QED) is 0.108.